The van der Waals surface area contributed by atoms with Crippen LogP contribution in [0.3, 0.4) is 0 Å². The highest BCUT2D eigenvalue weighted by atomic mass is 16.1. The van der Waals surface area contributed by atoms with Gasteiger partial charge in [-0.05, 0) is 56.6 Å². The maximum Gasteiger partial charge on any atom is 0.256 e. The number of H-pyrrole nitrogens is 1. The molecule has 0 radical (unpaired) electrons. The van der Waals surface area contributed by atoms with Crippen molar-refractivity contribution in [3.8, 4) is 0 Å². The molecule has 3 heterocycles. The van der Waals surface area contributed by atoms with Gasteiger partial charge in [-0.15, -0.1) is 0 Å². The molecule has 0 saturated heterocycles. The molecule has 1 amide bonds. The maximum atomic E-state index is 13.1. The van der Waals surface area contributed by atoms with E-state index in [9.17, 15) is 4.79 Å². The molecule has 1 aliphatic heterocycles. The van der Waals surface area contributed by atoms with Crippen LogP contribution in [0.25, 0.3) is 10.9 Å². The van der Waals surface area contributed by atoms with Crippen LogP contribution >= 0.6 is 0 Å². The average molecular weight is 434 g/mol. The first kappa shape index (κ1) is 21.1. The number of benzene rings is 1. The molecule has 6 heteroatoms. The molecule has 170 valence electrons. The highest BCUT2D eigenvalue weighted by Crippen LogP contribution is 2.41. The lowest BCUT2D eigenvalue weighted by atomic mass is 9.77. The molecule has 5 rings (SSSR count). The number of para-hydroxylation sites is 1. The normalized spacial score (nSPS) is 23.6. The van der Waals surface area contributed by atoms with Gasteiger partial charge >= 0.3 is 0 Å². The van der Waals surface area contributed by atoms with E-state index in [0.717, 1.165) is 30.6 Å². The molecule has 6 nitrogen and oxygen atoms in total. The second-order valence-corrected chi connectivity index (χ2v) is 9.89. The Morgan fingerprint density at radius 1 is 1.25 bits per heavy atom. The van der Waals surface area contributed by atoms with Gasteiger partial charge in [0.1, 0.15) is 11.4 Å². The summed E-state index contributed by atoms with van der Waals surface area (Å²) in [5.41, 5.74) is 2.98. The van der Waals surface area contributed by atoms with Crippen molar-refractivity contribution in [2.45, 2.75) is 76.8 Å². The number of carbonyl (C=O) groups excluding carboxylic acids is 1. The molecule has 2 atom stereocenters. The van der Waals surface area contributed by atoms with Gasteiger partial charge in [0, 0.05) is 29.7 Å². The molecule has 3 aromatic rings. The van der Waals surface area contributed by atoms with E-state index in [1.165, 1.54) is 43.1 Å². The third kappa shape index (κ3) is 3.80. The molecule has 2 unspecified atom stereocenters. The quantitative estimate of drug-likeness (QED) is 0.498. The summed E-state index contributed by atoms with van der Waals surface area (Å²) in [5, 5.41) is 12.8. The first-order valence-corrected chi connectivity index (χ1v) is 12.3. The molecule has 1 aliphatic carbocycles. The van der Waals surface area contributed by atoms with Crippen molar-refractivity contribution in [1.82, 2.24) is 20.1 Å². The van der Waals surface area contributed by atoms with Gasteiger partial charge in [-0.25, -0.2) is 4.68 Å². The lowest BCUT2D eigenvalue weighted by Crippen LogP contribution is -2.47. The van der Waals surface area contributed by atoms with Crippen molar-refractivity contribution in [2.75, 3.05) is 11.9 Å². The number of amides is 1. The first-order valence-electron chi connectivity index (χ1n) is 12.3. The van der Waals surface area contributed by atoms with Crippen molar-refractivity contribution < 1.29 is 4.79 Å². The van der Waals surface area contributed by atoms with Crippen molar-refractivity contribution in [3.05, 3.63) is 47.8 Å². The van der Waals surface area contributed by atoms with E-state index in [1.54, 1.807) is 6.20 Å². The van der Waals surface area contributed by atoms with E-state index in [-0.39, 0.29) is 11.4 Å². The van der Waals surface area contributed by atoms with E-state index in [2.05, 4.69) is 57.4 Å². The summed E-state index contributed by atoms with van der Waals surface area (Å²) in [4.78, 5) is 16.5. The number of nitrogens with zero attached hydrogens (tertiary/aromatic N) is 2. The smallest absolute Gasteiger partial charge is 0.256 e. The topological polar surface area (TPSA) is 74.7 Å². The van der Waals surface area contributed by atoms with Crippen LogP contribution < -0.4 is 10.6 Å². The second kappa shape index (κ2) is 8.64. The predicted molar refractivity (Wildman–Crippen MR) is 129 cm³/mol. The largest absolute Gasteiger partial charge is 0.366 e. The molecule has 2 aromatic heterocycles. The SMILES string of the molecule is CCC1(C)CC(C2CCCCC2)Nc2c(C(=O)NCCc3c[nH]c4ccccc34)cnn21. The Balaban J connectivity index is 1.31. The maximum absolute atomic E-state index is 13.1. The second-order valence-electron chi connectivity index (χ2n) is 9.89. The van der Waals surface area contributed by atoms with Crippen LogP contribution in [0.15, 0.2) is 36.7 Å². The summed E-state index contributed by atoms with van der Waals surface area (Å²) in [6.45, 7) is 5.12. The van der Waals surface area contributed by atoms with Crippen LogP contribution in [0, 0.1) is 5.92 Å². The minimum atomic E-state index is -0.0503. The number of aromatic amines is 1. The Labute approximate surface area is 190 Å². The Morgan fingerprint density at radius 3 is 2.88 bits per heavy atom. The fraction of sp³-hybridized carbons (Fsp3) is 0.538. The number of hydrogen-bond acceptors (Lipinski definition) is 3. The van der Waals surface area contributed by atoms with Crippen LogP contribution in [-0.4, -0.2) is 33.3 Å². The highest BCUT2D eigenvalue weighted by Gasteiger charge is 2.40. The van der Waals surface area contributed by atoms with Gasteiger partial charge in [0.15, 0.2) is 0 Å². The fourth-order valence-corrected chi connectivity index (χ4v) is 5.71. The lowest BCUT2D eigenvalue weighted by Gasteiger charge is -2.43. The number of rotatable bonds is 6. The van der Waals surface area contributed by atoms with Crippen LogP contribution in [0.1, 0.15) is 74.7 Å². The number of carbonyl (C=O) groups is 1. The third-order valence-electron chi connectivity index (χ3n) is 7.84. The Bertz CT molecular complexity index is 1090. The van der Waals surface area contributed by atoms with Gasteiger partial charge in [0.05, 0.1) is 11.7 Å². The standard InChI is InChI=1S/C26H35N5O/c1-3-26(2)15-23(18-9-5-4-6-10-18)30-24-21(17-29-31(24)26)25(32)27-14-13-19-16-28-22-12-8-7-11-20(19)22/h7-8,11-12,16-18,23,28,30H,3-6,9-10,13-15H2,1-2H3,(H,27,32). The van der Waals surface area contributed by atoms with E-state index >= 15 is 0 Å². The summed E-state index contributed by atoms with van der Waals surface area (Å²) in [7, 11) is 0. The van der Waals surface area contributed by atoms with Crippen molar-refractivity contribution in [1.29, 1.82) is 0 Å². The number of fused-ring (bicyclic) bond motifs is 2. The van der Waals surface area contributed by atoms with Crippen LogP contribution in [0.2, 0.25) is 0 Å². The van der Waals surface area contributed by atoms with E-state index < -0.39 is 0 Å². The lowest BCUT2D eigenvalue weighted by molar-refractivity contribution is 0.0954. The highest BCUT2D eigenvalue weighted by molar-refractivity contribution is 5.99. The summed E-state index contributed by atoms with van der Waals surface area (Å²) in [5.74, 6) is 1.55. The monoisotopic (exact) mass is 433 g/mol. The van der Waals surface area contributed by atoms with Gasteiger partial charge < -0.3 is 15.6 Å². The molecule has 32 heavy (non-hydrogen) atoms. The third-order valence-corrected chi connectivity index (χ3v) is 7.84. The van der Waals surface area contributed by atoms with Gasteiger partial charge in [-0.2, -0.15) is 5.10 Å². The zero-order valence-corrected chi connectivity index (χ0v) is 19.3. The predicted octanol–water partition coefficient (Wildman–Crippen LogP) is 5.23. The number of aromatic nitrogens is 3. The van der Waals surface area contributed by atoms with Gasteiger partial charge in [-0.1, -0.05) is 44.4 Å². The molecule has 1 fully saturated rings. The van der Waals surface area contributed by atoms with Crippen molar-refractivity contribution in [3.63, 3.8) is 0 Å². The van der Waals surface area contributed by atoms with E-state index in [0.29, 0.717) is 24.1 Å². The Kier molecular flexibility index (Phi) is 5.70. The van der Waals surface area contributed by atoms with Crippen LogP contribution in [-0.2, 0) is 12.0 Å². The molecular weight excluding hydrogens is 398 g/mol. The average Bonchev–Trinajstić information content (AvgIpc) is 3.45. The van der Waals surface area contributed by atoms with Crippen molar-refractivity contribution in [2.24, 2.45) is 5.92 Å². The van der Waals surface area contributed by atoms with Crippen molar-refractivity contribution >= 4 is 22.6 Å². The van der Waals surface area contributed by atoms with Gasteiger partial charge in [0.2, 0.25) is 0 Å². The molecule has 3 N–H and O–H groups in total. The number of nitrogens with one attached hydrogen (secondary N) is 3. The number of anilines is 1. The minimum Gasteiger partial charge on any atom is -0.366 e. The Hall–Kier alpha value is -2.76. The van der Waals surface area contributed by atoms with Crippen LogP contribution in [0.5, 0.6) is 0 Å². The zero-order chi connectivity index (χ0) is 22.1. The molecular formula is C26H35N5O. The van der Waals surface area contributed by atoms with E-state index in [1.807, 2.05) is 12.3 Å². The summed E-state index contributed by atoms with van der Waals surface area (Å²) in [6, 6.07) is 8.71. The number of hydrogen-bond donors (Lipinski definition) is 3. The molecule has 2 aliphatic rings. The molecule has 1 saturated carbocycles. The van der Waals surface area contributed by atoms with Gasteiger partial charge in [-0.3, -0.25) is 4.79 Å². The van der Waals surface area contributed by atoms with Gasteiger partial charge in [0.25, 0.3) is 5.91 Å². The molecule has 1 aromatic carbocycles. The molecule has 0 bridgehead atoms. The first-order chi connectivity index (χ1) is 15.6. The fourth-order valence-electron chi connectivity index (χ4n) is 5.71. The van der Waals surface area contributed by atoms with Crippen LogP contribution in [0.4, 0.5) is 5.82 Å². The summed E-state index contributed by atoms with van der Waals surface area (Å²) >= 11 is 0. The Morgan fingerprint density at radius 2 is 2.06 bits per heavy atom. The summed E-state index contributed by atoms with van der Waals surface area (Å²) < 4.78 is 2.07. The minimum absolute atomic E-state index is 0.0404. The molecule has 0 spiro atoms. The zero-order valence-electron chi connectivity index (χ0n) is 19.3. The van der Waals surface area contributed by atoms with E-state index in [4.69, 9.17) is 0 Å². The summed E-state index contributed by atoms with van der Waals surface area (Å²) in [6.07, 6.45) is 13.3.